The van der Waals surface area contributed by atoms with Gasteiger partial charge in [0.1, 0.15) is 0 Å². The second-order valence-corrected chi connectivity index (χ2v) is 6.62. The minimum Gasteiger partial charge on any atom is -0.504 e. The molecule has 0 saturated carbocycles. The molecule has 0 aliphatic rings. The molecule has 21 heavy (non-hydrogen) atoms. The van der Waals surface area contributed by atoms with E-state index < -0.39 is 10.0 Å². The van der Waals surface area contributed by atoms with Crippen LogP contribution in [0.2, 0.25) is 0 Å². The summed E-state index contributed by atoms with van der Waals surface area (Å²) in [4.78, 5) is 0.0858. The van der Waals surface area contributed by atoms with E-state index in [1.165, 1.54) is 19.2 Å². The Balaban J connectivity index is 2.40. The standard InChI is InChI=1S/C14H12BrNO4S/c1-20-13-8-11(15)7-10(14(13)17)9-16-21(18,19)12-5-3-2-4-6-12/h2-9,17H,1H3/b16-9-. The molecule has 1 N–H and O–H groups in total. The normalized spacial score (nSPS) is 11.7. The maximum Gasteiger partial charge on any atom is 0.282 e. The highest BCUT2D eigenvalue weighted by molar-refractivity contribution is 9.10. The number of halogens is 1. The highest BCUT2D eigenvalue weighted by atomic mass is 79.9. The number of nitrogens with zero attached hydrogens (tertiary/aromatic N) is 1. The Labute approximate surface area is 131 Å². The second kappa shape index (κ2) is 6.28. The average molecular weight is 370 g/mol. The molecule has 0 spiro atoms. The third kappa shape index (κ3) is 3.62. The van der Waals surface area contributed by atoms with Crippen molar-refractivity contribution in [3.8, 4) is 11.5 Å². The highest BCUT2D eigenvalue weighted by Gasteiger charge is 2.13. The molecule has 2 aromatic carbocycles. The number of benzene rings is 2. The van der Waals surface area contributed by atoms with Gasteiger partial charge in [0, 0.05) is 10.0 Å². The molecule has 0 radical (unpaired) electrons. The van der Waals surface area contributed by atoms with Crippen molar-refractivity contribution in [1.82, 2.24) is 0 Å². The van der Waals surface area contributed by atoms with Crippen LogP contribution in [0.25, 0.3) is 0 Å². The number of hydrogen-bond donors (Lipinski definition) is 1. The Morgan fingerprint density at radius 1 is 1.24 bits per heavy atom. The number of methoxy groups -OCH3 is 1. The molecule has 2 aromatic rings. The van der Waals surface area contributed by atoms with Crippen molar-refractivity contribution >= 4 is 32.2 Å². The van der Waals surface area contributed by atoms with Crippen LogP contribution in [0.4, 0.5) is 0 Å². The summed E-state index contributed by atoms with van der Waals surface area (Å²) in [6.07, 6.45) is 1.09. The topological polar surface area (TPSA) is 76.0 Å². The van der Waals surface area contributed by atoms with Gasteiger partial charge in [0.25, 0.3) is 10.0 Å². The van der Waals surface area contributed by atoms with Crippen LogP contribution in [0, 0.1) is 0 Å². The van der Waals surface area contributed by atoms with Gasteiger partial charge >= 0.3 is 0 Å². The van der Waals surface area contributed by atoms with E-state index >= 15 is 0 Å². The fourth-order valence-corrected chi connectivity index (χ4v) is 2.96. The third-order valence-corrected chi connectivity index (χ3v) is 4.37. The summed E-state index contributed by atoms with van der Waals surface area (Å²) >= 11 is 3.25. The third-order valence-electron chi connectivity index (χ3n) is 2.66. The highest BCUT2D eigenvalue weighted by Crippen LogP contribution is 2.32. The molecule has 0 bridgehead atoms. The predicted molar refractivity (Wildman–Crippen MR) is 83.6 cm³/mol. The first kappa shape index (κ1) is 15.5. The molecule has 0 aliphatic heterocycles. The van der Waals surface area contributed by atoms with Crippen molar-refractivity contribution < 1.29 is 18.3 Å². The van der Waals surface area contributed by atoms with Crippen molar-refractivity contribution in [3.05, 3.63) is 52.5 Å². The van der Waals surface area contributed by atoms with Crippen molar-refractivity contribution in [3.63, 3.8) is 0 Å². The van der Waals surface area contributed by atoms with Gasteiger partial charge in [0.05, 0.1) is 18.2 Å². The lowest BCUT2D eigenvalue weighted by Gasteiger charge is -2.06. The van der Waals surface area contributed by atoms with Gasteiger partial charge in [-0.2, -0.15) is 12.8 Å². The van der Waals surface area contributed by atoms with Gasteiger partial charge in [-0.15, -0.1) is 0 Å². The first-order valence-electron chi connectivity index (χ1n) is 5.86. The number of ether oxygens (including phenoxy) is 1. The zero-order valence-corrected chi connectivity index (χ0v) is 13.4. The average Bonchev–Trinajstić information content (AvgIpc) is 2.48. The fourth-order valence-electron chi connectivity index (χ4n) is 1.63. The van der Waals surface area contributed by atoms with Crippen LogP contribution in [-0.4, -0.2) is 26.8 Å². The zero-order valence-electron chi connectivity index (χ0n) is 11.0. The molecule has 0 atom stereocenters. The van der Waals surface area contributed by atoms with Crippen LogP contribution in [-0.2, 0) is 10.0 Å². The number of aromatic hydroxyl groups is 1. The van der Waals surface area contributed by atoms with E-state index in [1.807, 2.05) is 0 Å². The van der Waals surface area contributed by atoms with Gasteiger partial charge < -0.3 is 9.84 Å². The monoisotopic (exact) mass is 369 g/mol. The molecular weight excluding hydrogens is 358 g/mol. The molecule has 5 nitrogen and oxygen atoms in total. The lowest BCUT2D eigenvalue weighted by atomic mass is 10.2. The Bertz CT molecular complexity index is 773. The Hall–Kier alpha value is -1.86. The summed E-state index contributed by atoms with van der Waals surface area (Å²) in [5, 5.41) is 9.95. The molecule has 7 heteroatoms. The van der Waals surface area contributed by atoms with E-state index in [4.69, 9.17) is 4.74 Å². The van der Waals surface area contributed by atoms with Crippen molar-refractivity contribution in [1.29, 1.82) is 0 Å². The van der Waals surface area contributed by atoms with E-state index in [1.54, 1.807) is 30.3 Å². The van der Waals surface area contributed by atoms with Crippen molar-refractivity contribution in [2.45, 2.75) is 4.90 Å². The van der Waals surface area contributed by atoms with E-state index in [9.17, 15) is 13.5 Å². The Morgan fingerprint density at radius 2 is 1.90 bits per heavy atom. The summed E-state index contributed by atoms with van der Waals surface area (Å²) in [6.45, 7) is 0. The number of hydrogen-bond acceptors (Lipinski definition) is 4. The van der Waals surface area contributed by atoms with Gasteiger partial charge in [-0.3, -0.25) is 0 Å². The molecule has 0 aromatic heterocycles. The van der Waals surface area contributed by atoms with Crippen LogP contribution in [0.5, 0.6) is 11.5 Å². The van der Waals surface area contributed by atoms with Crippen LogP contribution < -0.4 is 4.74 Å². The smallest absolute Gasteiger partial charge is 0.282 e. The molecule has 110 valence electrons. The minimum atomic E-state index is -3.81. The van der Waals surface area contributed by atoms with Crippen LogP contribution >= 0.6 is 15.9 Å². The molecule has 2 rings (SSSR count). The number of rotatable bonds is 4. The summed E-state index contributed by atoms with van der Waals surface area (Å²) < 4.78 is 33.3. The first-order valence-corrected chi connectivity index (χ1v) is 8.09. The Morgan fingerprint density at radius 3 is 2.52 bits per heavy atom. The van der Waals surface area contributed by atoms with Gasteiger partial charge in [-0.25, -0.2) is 0 Å². The minimum absolute atomic E-state index is 0.0858. The first-order chi connectivity index (χ1) is 9.94. The lowest BCUT2D eigenvalue weighted by molar-refractivity contribution is 0.373. The summed E-state index contributed by atoms with van der Waals surface area (Å²) in [6, 6.07) is 11.0. The van der Waals surface area contributed by atoms with Crippen molar-refractivity contribution in [2.75, 3.05) is 7.11 Å². The zero-order chi connectivity index (χ0) is 15.5. The van der Waals surface area contributed by atoms with E-state index in [2.05, 4.69) is 20.3 Å². The molecule has 0 amide bonds. The van der Waals surface area contributed by atoms with E-state index in [0.717, 1.165) is 6.21 Å². The summed E-state index contributed by atoms with van der Waals surface area (Å²) in [5.74, 6) is 0.0515. The molecule has 0 heterocycles. The Kier molecular flexibility index (Phi) is 4.64. The summed E-state index contributed by atoms with van der Waals surface area (Å²) in [7, 11) is -2.40. The number of phenols is 1. The lowest BCUT2D eigenvalue weighted by Crippen LogP contribution is -1.98. The number of sulfonamides is 1. The van der Waals surface area contributed by atoms with Crippen LogP contribution in [0.1, 0.15) is 5.56 Å². The van der Waals surface area contributed by atoms with E-state index in [-0.39, 0.29) is 22.0 Å². The van der Waals surface area contributed by atoms with Crippen LogP contribution in [0.3, 0.4) is 0 Å². The number of phenolic OH excluding ortho intramolecular Hbond substituents is 1. The predicted octanol–water partition coefficient (Wildman–Crippen LogP) is 2.97. The molecule has 0 saturated heterocycles. The quantitative estimate of drug-likeness (QED) is 0.840. The van der Waals surface area contributed by atoms with E-state index in [0.29, 0.717) is 4.47 Å². The SMILES string of the molecule is COc1cc(Br)cc(/C=N\S(=O)(=O)c2ccccc2)c1O. The molecule has 0 aliphatic carbocycles. The van der Waals surface area contributed by atoms with Gasteiger partial charge in [0.15, 0.2) is 11.5 Å². The van der Waals surface area contributed by atoms with Gasteiger partial charge in [-0.1, -0.05) is 34.1 Å². The van der Waals surface area contributed by atoms with Gasteiger partial charge in [0.2, 0.25) is 0 Å². The largest absolute Gasteiger partial charge is 0.504 e. The van der Waals surface area contributed by atoms with Crippen molar-refractivity contribution in [2.24, 2.45) is 4.40 Å². The molecular formula is C14H12BrNO4S. The maximum atomic E-state index is 12.0. The maximum absolute atomic E-state index is 12.0. The van der Waals surface area contributed by atoms with Gasteiger partial charge in [-0.05, 0) is 24.3 Å². The second-order valence-electron chi connectivity index (χ2n) is 4.07. The summed E-state index contributed by atoms with van der Waals surface area (Å²) in [5.41, 5.74) is 0.237. The molecule has 0 unspecified atom stereocenters. The van der Waals surface area contributed by atoms with Crippen LogP contribution in [0.15, 0.2) is 56.2 Å². The fraction of sp³-hybridized carbons (Fsp3) is 0.0714. The molecule has 0 fully saturated rings.